The average molecular weight is 189 g/mol. The molecule has 1 amide bonds. The normalized spacial score (nSPS) is 9.14. The Morgan fingerprint density at radius 1 is 1.43 bits per heavy atom. The van der Waals surface area contributed by atoms with E-state index in [4.69, 9.17) is 0 Å². The molecule has 0 aliphatic carbocycles. The van der Waals surface area contributed by atoms with Gasteiger partial charge in [-0.3, -0.25) is 9.59 Å². The number of nitrogens with one attached hydrogen (secondary N) is 1. The molecule has 1 aromatic carbocycles. The van der Waals surface area contributed by atoms with Crippen molar-refractivity contribution in [2.45, 2.75) is 6.54 Å². The lowest BCUT2D eigenvalue weighted by Gasteiger charge is -2.05. The van der Waals surface area contributed by atoms with E-state index in [0.717, 1.165) is 11.1 Å². The van der Waals surface area contributed by atoms with Crippen LogP contribution in [0.1, 0.15) is 11.1 Å². The number of carbonyl (C=O) groups excluding carboxylic acids is 2. The summed E-state index contributed by atoms with van der Waals surface area (Å²) in [4.78, 5) is 20.7. The Labute approximate surface area is 82.4 Å². The first kappa shape index (κ1) is 10.2. The summed E-state index contributed by atoms with van der Waals surface area (Å²) in [6.07, 6.45) is 1.97. The number of hydrogen-bond donors (Lipinski definition) is 1. The minimum atomic E-state index is -0.608. The Morgan fingerprint density at radius 2 is 2.14 bits per heavy atom. The highest BCUT2D eigenvalue weighted by Crippen LogP contribution is 2.09. The van der Waals surface area contributed by atoms with E-state index in [9.17, 15) is 9.59 Å². The summed E-state index contributed by atoms with van der Waals surface area (Å²) in [6.45, 7) is 4.00. The fraction of sp³-hybridized carbons (Fsp3) is 0.0909. The highest BCUT2D eigenvalue weighted by atomic mass is 16.2. The molecular weight excluding hydrogens is 178 g/mol. The van der Waals surface area contributed by atoms with E-state index in [1.165, 1.54) is 0 Å². The maximum Gasteiger partial charge on any atom is 0.284 e. The van der Waals surface area contributed by atoms with Crippen LogP contribution in [0.2, 0.25) is 0 Å². The topological polar surface area (TPSA) is 46.2 Å². The molecule has 0 aliphatic heterocycles. The zero-order chi connectivity index (χ0) is 10.4. The largest absolute Gasteiger partial charge is 0.346 e. The number of benzene rings is 1. The molecule has 14 heavy (non-hydrogen) atoms. The van der Waals surface area contributed by atoms with Gasteiger partial charge in [-0.2, -0.15) is 0 Å². The van der Waals surface area contributed by atoms with Gasteiger partial charge in [0.1, 0.15) is 0 Å². The minimum absolute atomic E-state index is 0.260. The Kier molecular flexibility index (Phi) is 3.61. The zero-order valence-corrected chi connectivity index (χ0v) is 7.69. The molecule has 0 heterocycles. The molecule has 1 rings (SSSR count). The molecule has 0 bridgehead atoms. The van der Waals surface area contributed by atoms with Gasteiger partial charge >= 0.3 is 0 Å². The van der Waals surface area contributed by atoms with Gasteiger partial charge in [0, 0.05) is 6.54 Å². The SMILES string of the molecule is C=Cc1ccccc1CNC(=O)C=O. The van der Waals surface area contributed by atoms with Crippen molar-refractivity contribution >= 4 is 18.3 Å². The van der Waals surface area contributed by atoms with E-state index in [0.29, 0.717) is 6.54 Å². The van der Waals surface area contributed by atoms with E-state index in [1.54, 1.807) is 6.08 Å². The molecule has 0 radical (unpaired) electrons. The van der Waals surface area contributed by atoms with Crippen molar-refractivity contribution in [1.29, 1.82) is 0 Å². The van der Waals surface area contributed by atoms with Gasteiger partial charge in [0.15, 0.2) is 0 Å². The fourth-order valence-electron chi connectivity index (χ4n) is 1.12. The molecule has 1 N–H and O–H groups in total. The number of hydrogen-bond acceptors (Lipinski definition) is 2. The molecule has 0 atom stereocenters. The van der Waals surface area contributed by atoms with Crippen molar-refractivity contribution in [3.63, 3.8) is 0 Å². The average Bonchev–Trinajstić information content (AvgIpc) is 2.26. The second-order valence-electron chi connectivity index (χ2n) is 2.74. The standard InChI is InChI=1S/C11H11NO2/c1-2-9-5-3-4-6-10(9)7-12-11(14)8-13/h2-6,8H,1,7H2,(H,12,14). The van der Waals surface area contributed by atoms with Gasteiger partial charge < -0.3 is 5.32 Å². The number of aldehydes is 1. The summed E-state index contributed by atoms with van der Waals surface area (Å²) in [5, 5.41) is 2.47. The van der Waals surface area contributed by atoms with Crippen LogP contribution in [0.25, 0.3) is 6.08 Å². The molecule has 0 spiro atoms. The summed E-state index contributed by atoms with van der Waals surface area (Å²) in [7, 11) is 0. The van der Waals surface area contributed by atoms with Gasteiger partial charge in [0.25, 0.3) is 5.91 Å². The van der Waals surface area contributed by atoms with Crippen LogP contribution in [-0.4, -0.2) is 12.2 Å². The first-order chi connectivity index (χ1) is 6.77. The van der Waals surface area contributed by atoms with Gasteiger partial charge in [0.05, 0.1) is 0 Å². The summed E-state index contributed by atoms with van der Waals surface area (Å²) >= 11 is 0. The van der Waals surface area contributed by atoms with Crippen molar-refractivity contribution in [2.24, 2.45) is 0 Å². The van der Waals surface area contributed by atoms with Crippen LogP contribution in [0.15, 0.2) is 30.8 Å². The van der Waals surface area contributed by atoms with Crippen LogP contribution in [-0.2, 0) is 16.1 Å². The van der Waals surface area contributed by atoms with Crippen LogP contribution in [0.5, 0.6) is 0 Å². The number of carbonyl (C=O) groups is 2. The summed E-state index contributed by atoms with van der Waals surface area (Å²) in [6, 6.07) is 7.54. The summed E-state index contributed by atoms with van der Waals surface area (Å²) in [5.41, 5.74) is 1.90. The Bertz CT molecular complexity index is 358. The van der Waals surface area contributed by atoms with E-state index in [2.05, 4.69) is 11.9 Å². The summed E-state index contributed by atoms with van der Waals surface area (Å²) in [5.74, 6) is -0.608. The Hall–Kier alpha value is -1.90. The van der Waals surface area contributed by atoms with Gasteiger partial charge in [-0.25, -0.2) is 0 Å². The Balaban J connectivity index is 2.70. The lowest BCUT2D eigenvalue weighted by atomic mass is 10.1. The highest BCUT2D eigenvalue weighted by Gasteiger charge is 2.00. The predicted molar refractivity (Wildman–Crippen MR) is 54.4 cm³/mol. The molecule has 0 saturated heterocycles. The number of amides is 1. The van der Waals surface area contributed by atoms with Crippen LogP contribution in [0.4, 0.5) is 0 Å². The van der Waals surface area contributed by atoms with Crippen molar-refractivity contribution < 1.29 is 9.59 Å². The quantitative estimate of drug-likeness (QED) is 0.570. The third kappa shape index (κ3) is 2.55. The van der Waals surface area contributed by atoms with Crippen molar-refractivity contribution in [1.82, 2.24) is 5.32 Å². The van der Waals surface area contributed by atoms with Gasteiger partial charge in [0.2, 0.25) is 6.29 Å². The second-order valence-corrected chi connectivity index (χ2v) is 2.74. The maximum absolute atomic E-state index is 10.7. The highest BCUT2D eigenvalue weighted by molar-refractivity contribution is 6.23. The molecule has 3 nitrogen and oxygen atoms in total. The van der Waals surface area contributed by atoms with Crippen molar-refractivity contribution in [3.05, 3.63) is 42.0 Å². The molecule has 0 aromatic heterocycles. The fourth-order valence-corrected chi connectivity index (χ4v) is 1.12. The third-order valence-electron chi connectivity index (χ3n) is 1.84. The molecule has 3 heteroatoms. The van der Waals surface area contributed by atoms with Crippen molar-refractivity contribution in [3.8, 4) is 0 Å². The van der Waals surface area contributed by atoms with Crippen LogP contribution in [0, 0.1) is 0 Å². The van der Waals surface area contributed by atoms with Gasteiger partial charge in [-0.1, -0.05) is 36.9 Å². The minimum Gasteiger partial charge on any atom is -0.346 e. The zero-order valence-electron chi connectivity index (χ0n) is 7.69. The number of rotatable bonds is 4. The molecular formula is C11H11NO2. The van der Waals surface area contributed by atoms with Crippen molar-refractivity contribution in [2.75, 3.05) is 0 Å². The lowest BCUT2D eigenvalue weighted by Crippen LogP contribution is -2.23. The molecule has 0 saturated carbocycles. The lowest BCUT2D eigenvalue weighted by molar-refractivity contribution is -0.131. The van der Waals surface area contributed by atoms with Crippen LogP contribution < -0.4 is 5.32 Å². The van der Waals surface area contributed by atoms with Gasteiger partial charge in [-0.15, -0.1) is 0 Å². The molecule has 0 fully saturated rings. The van der Waals surface area contributed by atoms with Crippen LogP contribution >= 0.6 is 0 Å². The molecule has 72 valence electrons. The van der Waals surface area contributed by atoms with E-state index in [1.807, 2.05) is 24.3 Å². The molecule has 0 unspecified atom stereocenters. The summed E-state index contributed by atoms with van der Waals surface area (Å²) < 4.78 is 0. The maximum atomic E-state index is 10.7. The third-order valence-corrected chi connectivity index (χ3v) is 1.84. The smallest absolute Gasteiger partial charge is 0.284 e. The first-order valence-electron chi connectivity index (χ1n) is 4.21. The van der Waals surface area contributed by atoms with Gasteiger partial charge in [-0.05, 0) is 11.1 Å². The first-order valence-corrected chi connectivity index (χ1v) is 4.21. The van der Waals surface area contributed by atoms with Crippen LogP contribution in [0.3, 0.4) is 0 Å². The Morgan fingerprint density at radius 3 is 2.79 bits per heavy atom. The predicted octanol–water partition coefficient (Wildman–Crippen LogP) is 1.14. The van der Waals surface area contributed by atoms with E-state index >= 15 is 0 Å². The monoisotopic (exact) mass is 189 g/mol. The molecule has 0 aliphatic rings. The molecule has 1 aromatic rings. The van der Waals surface area contributed by atoms with E-state index < -0.39 is 5.91 Å². The van der Waals surface area contributed by atoms with E-state index in [-0.39, 0.29) is 6.29 Å². The second kappa shape index (κ2) is 4.97.